The van der Waals surface area contributed by atoms with Crippen LogP contribution >= 0.6 is 11.8 Å². The van der Waals surface area contributed by atoms with Crippen molar-refractivity contribution in [2.45, 2.75) is 79.0 Å². The van der Waals surface area contributed by atoms with E-state index >= 15 is 0 Å². The maximum Gasteiger partial charge on any atom is 0.414 e. The van der Waals surface area contributed by atoms with Crippen molar-refractivity contribution >= 4 is 22.9 Å². The molecule has 0 fully saturated rings. The molecule has 6 heteroatoms. The molecular formula is C24H37N3O2S. The highest BCUT2D eigenvalue weighted by Crippen LogP contribution is 2.40. The molecule has 0 bridgehead atoms. The van der Waals surface area contributed by atoms with Gasteiger partial charge in [-0.25, -0.2) is 4.79 Å². The Kier molecular flexibility index (Phi) is 7.18. The van der Waals surface area contributed by atoms with E-state index in [1.54, 1.807) is 0 Å². The van der Waals surface area contributed by atoms with Crippen LogP contribution < -0.4 is 0 Å². The van der Waals surface area contributed by atoms with Crippen molar-refractivity contribution in [3.8, 4) is 0 Å². The fourth-order valence-electron chi connectivity index (χ4n) is 4.02. The van der Waals surface area contributed by atoms with Gasteiger partial charge in [0.05, 0.1) is 11.1 Å². The number of carbonyl (C=O) groups is 1. The highest BCUT2D eigenvalue weighted by atomic mass is 32.2. The maximum atomic E-state index is 12.9. The molecule has 2 aliphatic heterocycles. The molecule has 3 rings (SSSR count). The Hall–Kier alpha value is -1.53. The normalized spacial score (nSPS) is 24.4. The van der Waals surface area contributed by atoms with Gasteiger partial charge in [0.15, 0.2) is 0 Å². The summed E-state index contributed by atoms with van der Waals surface area (Å²) in [7, 11) is 0. The van der Waals surface area contributed by atoms with E-state index in [1.807, 2.05) is 37.4 Å². The van der Waals surface area contributed by atoms with Gasteiger partial charge in [-0.1, -0.05) is 37.8 Å². The smallest absolute Gasteiger partial charge is 0.414 e. The van der Waals surface area contributed by atoms with Crippen molar-refractivity contribution in [2.75, 3.05) is 19.6 Å². The molecule has 3 aliphatic rings. The van der Waals surface area contributed by atoms with Crippen molar-refractivity contribution in [1.82, 2.24) is 9.80 Å². The average Bonchev–Trinajstić information content (AvgIpc) is 3.06. The molecule has 0 aromatic heterocycles. The summed E-state index contributed by atoms with van der Waals surface area (Å²) in [4.78, 5) is 23.5. The lowest BCUT2D eigenvalue weighted by Crippen LogP contribution is -2.41. The molecule has 1 aliphatic carbocycles. The fourth-order valence-corrected chi connectivity index (χ4v) is 5.11. The topological polar surface area (TPSA) is 45.1 Å². The second-order valence-electron chi connectivity index (χ2n) is 9.78. The summed E-state index contributed by atoms with van der Waals surface area (Å²) in [5.41, 5.74) is 1.69. The molecule has 1 unspecified atom stereocenters. The number of hydrogen-bond acceptors (Lipinski definition) is 5. The van der Waals surface area contributed by atoms with Gasteiger partial charge in [-0.15, -0.1) is 0 Å². The quantitative estimate of drug-likeness (QED) is 0.568. The Morgan fingerprint density at radius 1 is 1.37 bits per heavy atom. The summed E-state index contributed by atoms with van der Waals surface area (Å²) in [6.45, 7) is 17.2. The van der Waals surface area contributed by atoms with Crippen LogP contribution in [0.15, 0.2) is 39.4 Å². The first-order valence-electron chi connectivity index (χ1n) is 11.2. The van der Waals surface area contributed by atoms with E-state index in [9.17, 15) is 4.79 Å². The van der Waals surface area contributed by atoms with Crippen LogP contribution in [0, 0.1) is 5.92 Å². The van der Waals surface area contributed by atoms with Crippen molar-refractivity contribution in [3.63, 3.8) is 0 Å². The Morgan fingerprint density at radius 2 is 2.10 bits per heavy atom. The first-order valence-corrected chi connectivity index (χ1v) is 12.0. The number of allylic oxidation sites excluding steroid dienone is 4. The van der Waals surface area contributed by atoms with Crippen LogP contribution in [-0.2, 0) is 4.74 Å². The molecule has 2 heterocycles. The van der Waals surface area contributed by atoms with Crippen molar-refractivity contribution in [2.24, 2.45) is 10.9 Å². The number of aliphatic imine (C=N–C) groups is 1. The van der Waals surface area contributed by atoms with Crippen molar-refractivity contribution in [1.29, 1.82) is 0 Å². The summed E-state index contributed by atoms with van der Waals surface area (Å²) in [6.07, 6.45) is 8.15. The van der Waals surface area contributed by atoms with Gasteiger partial charge < -0.3 is 4.74 Å². The number of fused-ring (bicyclic) bond motifs is 1. The lowest BCUT2D eigenvalue weighted by molar-refractivity contribution is 0.0284. The second kappa shape index (κ2) is 9.31. The second-order valence-corrected chi connectivity index (χ2v) is 10.9. The number of hydrogen-bond donors (Lipinski definition) is 0. The molecule has 1 amide bonds. The average molecular weight is 432 g/mol. The third-order valence-electron chi connectivity index (χ3n) is 5.64. The van der Waals surface area contributed by atoms with Gasteiger partial charge in [0, 0.05) is 36.2 Å². The summed E-state index contributed by atoms with van der Waals surface area (Å²) in [6, 6.07) is 0.692. The van der Waals surface area contributed by atoms with E-state index in [4.69, 9.17) is 9.73 Å². The number of amides is 1. The molecular weight excluding hydrogens is 394 g/mol. The molecule has 0 radical (unpaired) electrons. The molecule has 30 heavy (non-hydrogen) atoms. The van der Waals surface area contributed by atoms with Gasteiger partial charge in [-0.05, 0) is 65.2 Å². The van der Waals surface area contributed by atoms with Gasteiger partial charge in [0.25, 0.3) is 0 Å². The number of rotatable bonds is 5. The summed E-state index contributed by atoms with van der Waals surface area (Å²) < 4.78 is 5.70. The summed E-state index contributed by atoms with van der Waals surface area (Å²) in [5.74, 6) is 0.430. The van der Waals surface area contributed by atoms with Crippen LogP contribution in [0.5, 0.6) is 0 Å². The number of thioether (sulfide) groups is 1. The van der Waals surface area contributed by atoms with E-state index < -0.39 is 5.60 Å². The van der Waals surface area contributed by atoms with E-state index in [2.05, 4.69) is 50.8 Å². The molecule has 2 atom stereocenters. The molecule has 5 nitrogen and oxygen atoms in total. The lowest BCUT2D eigenvalue weighted by Gasteiger charge is -2.35. The first kappa shape index (κ1) is 23.1. The minimum atomic E-state index is -0.500. The molecule has 166 valence electrons. The molecule has 0 saturated carbocycles. The van der Waals surface area contributed by atoms with Gasteiger partial charge in [-0.2, -0.15) is 0 Å². The van der Waals surface area contributed by atoms with E-state index in [0.29, 0.717) is 18.5 Å². The Labute approximate surface area is 186 Å². The Morgan fingerprint density at radius 3 is 2.73 bits per heavy atom. The first-order chi connectivity index (χ1) is 14.1. The predicted octanol–water partition coefficient (Wildman–Crippen LogP) is 5.61. The van der Waals surface area contributed by atoms with Gasteiger partial charge in [0.2, 0.25) is 0 Å². The van der Waals surface area contributed by atoms with Crippen LogP contribution in [0.1, 0.15) is 61.3 Å². The molecule has 0 aromatic carbocycles. The Balaban J connectivity index is 1.75. The SMILES string of the molecule is CCN(CC1=NC2CC(C3=CC[C@H](C)CN3C(=O)OC(C)(C)C)=CC=C2S1)C(C)C. The molecule has 0 saturated heterocycles. The molecule has 0 N–H and O–H groups in total. The minimum Gasteiger partial charge on any atom is -0.443 e. The monoisotopic (exact) mass is 431 g/mol. The van der Waals surface area contributed by atoms with Gasteiger partial charge in [-0.3, -0.25) is 14.8 Å². The summed E-state index contributed by atoms with van der Waals surface area (Å²) in [5, 5.41) is 1.20. The van der Waals surface area contributed by atoms with Crippen LogP contribution in [0.25, 0.3) is 0 Å². The highest BCUT2D eigenvalue weighted by Gasteiger charge is 2.34. The molecule has 0 aromatic rings. The standard InChI is InChI=1S/C24H37N3O2S/c1-8-26(16(2)3)15-22-25-19-13-18(10-12-21(19)30-22)20-11-9-17(4)14-27(20)23(28)29-24(5,6)7/h10-12,16-17,19H,8-9,13-15H2,1-7H3/t17-,19?/m0/s1. The Bertz CT molecular complexity index is 789. The van der Waals surface area contributed by atoms with E-state index in [0.717, 1.165) is 31.6 Å². The van der Waals surface area contributed by atoms with Crippen LogP contribution in [0.4, 0.5) is 4.79 Å². The minimum absolute atomic E-state index is 0.177. The zero-order valence-corrected chi connectivity index (χ0v) is 20.4. The predicted molar refractivity (Wildman–Crippen MR) is 127 cm³/mol. The number of carbonyl (C=O) groups excluding carboxylic acids is 1. The van der Waals surface area contributed by atoms with Crippen molar-refractivity contribution < 1.29 is 9.53 Å². The molecule has 0 spiro atoms. The van der Waals surface area contributed by atoms with Crippen LogP contribution in [0.2, 0.25) is 0 Å². The number of ether oxygens (including phenoxy) is 1. The zero-order chi connectivity index (χ0) is 22.1. The van der Waals surface area contributed by atoms with Crippen LogP contribution in [0.3, 0.4) is 0 Å². The third-order valence-corrected chi connectivity index (χ3v) is 6.76. The lowest BCUT2D eigenvalue weighted by atomic mass is 9.92. The highest BCUT2D eigenvalue weighted by molar-refractivity contribution is 8.17. The zero-order valence-electron chi connectivity index (χ0n) is 19.6. The third kappa shape index (κ3) is 5.58. The maximum absolute atomic E-state index is 12.9. The van der Waals surface area contributed by atoms with Gasteiger partial charge >= 0.3 is 6.09 Å². The van der Waals surface area contributed by atoms with Crippen molar-refractivity contribution in [3.05, 3.63) is 34.4 Å². The van der Waals surface area contributed by atoms with E-state index in [1.165, 1.54) is 15.5 Å². The van der Waals surface area contributed by atoms with Crippen LogP contribution in [-0.4, -0.2) is 58.3 Å². The number of nitrogens with zero attached hydrogens (tertiary/aromatic N) is 3. The van der Waals surface area contributed by atoms with Gasteiger partial charge in [0.1, 0.15) is 5.60 Å². The van der Waals surface area contributed by atoms with E-state index in [-0.39, 0.29) is 12.1 Å². The largest absolute Gasteiger partial charge is 0.443 e. The fraction of sp³-hybridized carbons (Fsp3) is 0.667. The summed E-state index contributed by atoms with van der Waals surface area (Å²) >= 11 is 1.82.